The van der Waals surface area contributed by atoms with Crippen molar-refractivity contribution in [3.63, 3.8) is 0 Å². The van der Waals surface area contributed by atoms with Gasteiger partial charge in [-0.05, 0) is 103 Å². The Morgan fingerprint density at radius 3 is 0.772 bits per heavy atom. The molecule has 0 aliphatic heterocycles. The Labute approximate surface area is 489 Å². The smallest absolute Gasteiger partial charge is 0.306 e. The molecule has 0 aliphatic rings. The summed E-state index contributed by atoms with van der Waals surface area (Å²) in [6, 6.07) is 0. The monoisotopic (exact) mass is 1100 g/mol. The molecule has 0 aliphatic carbocycles. The van der Waals surface area contributed by atoms with Gasteiger partial charge in [0.1, 0.15) is 13.2 Å². The second-order valence-corrected chi connectivity index (χ2v) is 22.4. The molecule has 0 radical (unpaired) electrons. The number of carbonyl (C=O) groups is 3. The average Bonchev–Trinajstić information content (AvgIpc) is 3.45. The second-order valence-electron chi connectivity index (χ2n) is 22.4. The van der Waals surface area contributed by atoms with Gasteiger partial charge < -0.3 is 14.2 Å². The molecule has 0 bridgehead atoms. The first-order valence-electron chi connectivity index (χ1n) is 33.7. The molecule has 79 heavy (non-hydrogen) atoms. The fourth-order valence-electron chi connectivity index (χ4n) is 9.54. The number of unbranched alkanes of at least 4 members (excludes halogenated alkanes) is 34. The van der Waals surface area contributed by atoms with Crippen molar-refractivity contribution >= 4 is 17.9 Å². The molecule has 6 nitrogen and oxygen atoms in total. The zero-order chi connectivity index (χ0) is 57.1. The SMILES string of the molecule is CC/C=C\C/C=C\C/C=C\C/C=C\C/C=C\C/C=C\CCCCCCCCC(=O)OC(COC(=O)CCCCCCCCC)COC(=O)CCCCCCCCCCCCCCCCCCC/C=C\C/C=C\CCCCCCC. The van der Waals surface area contributed by atoms with Crippen LogP contribution in [0.5, 0.6) is 0 Å². The zero-order valence-electron chi connectivity index (χ0n) is 52.1. The maximum absolute atomic E-state index is 12.9. The Balaban J connectivity index is 4.12. The normalized spacial score (nSPS) is 12.7. The van der Waals surface area contributed by atoms with Crippen molar-refractivity contribution in [3.8, 4) is 0 Å². The number of carbonyl (C=O) groups excluding carboxylic acids is 3. The standard InChI is InChI=1S/C73H126O6/c1-4-7-10-13-16-18-20-22-24-26-28-30-32-34-35-36-37-39-40-42-44-46-48-50-52-54-57-60-63-66-72(75)78-69-70(68-77-71(74)65-62-59-56-15-12-9-6-3)79-73(76)67-64-61-58-55-53-51-49-47-45-43-41-38-33-31-29-27-25-23-21-19-17-14-11-8-5-2/h8,11,17,19-20,22-23,25-26,28-29,31,38,41,45,47,70H,4-7,9-10,12-16,18,21,24,27,30,32-37,39-40,42-44,46,48-69H2,1-3H3/b11-8-,19-17-,22-20-,25-23-,28-26-,31-29-,41-38-,47-45-. The van der Waals surface area contributed by atoms with Gasteiger partial charge in [-0.15, -0.1) is 0 Å². The van der Waals surface area contributed by atoms with Crippen molar-refractivity contribution < 1.29 is 28.6 Å². The molecule has 0 fully saturated rings. The average molecular weight is 1100 g/mol. The van der Waals surface area contributed by atoms with Gasteiger partial charge in [0, 0.05) is 19.3 Å². The van der Waals surface area contributed by atoms with Gasteiger partial charge >= 0.3 is 17.9 Å². The van der Waals surface area contributed by atoms with E-state index in [1.807, 2.05) is 0 Å². The topological polar surface area (TPSA) is 78.9 Å². The summed E-state index contributed by atoms with van der Waals surface area (Å²) >= 11 is 0. The first kappa shape index (κ1) is 75.3. The molecular formula is C73H126O6. The van der Waals surface area contributed by atoms with Crippen LogP contribution in [-0.4, -0.2) is 37.2 Å². The van der Waals surface area contributed by atoms with E-state index in [1.165, 1.54) is 173 Å². The summed E-state index contributed by atoms with van der Waals surface area (Å²) in [6.07, 6.45) is 90.2. The fraction of sp³-hybridized carbons (Fsp3) is 0.740. The van der Waals surface area contributed by atoms with Crippen molar-refractivity contribution in [1.29, 1.82) is 0 Å². The highest BCUT2D eigenvalue weighted by Gasteiger charge is 2.19. The van der Waals surface area contributed by atoms with Crippen LogP contribution in [0.1, 0.15) is 329 Å². The minimum Gasteiger partial charge on any atom is -0.462 e. The highest BCUT2D eigenvalue weighted by molar-refractivity contribution is 5.71. The van der Waals surface area contributed by atoms with E-state index in [-0.39, 0.29) is 31.1 Å². The first-order valence-corrected chi connectivity index (χ1v) is 33.7. The predicted octanol–water partition coefficient (Wildman–Crippen LogP) is 23.2. The second kappa shape index (κ2) is 66.8. The quantitative estimate of drug-likeness (QED) is 0.0261. The van der Waals surface area contributed by atoms with E-state index in [9.17, 15) is 14.4 Å². The van der Waals surface area contributed by atoms with Crippen LogP contribution in [0.2, 0.25) is 0 Å². The van der Waals surface area contributed by atoms with Crippen molar-refractivity contribution in [2.75, 3.05) is 13.2 Å². The molecule has 0 amide bonds. The van der Waals surface area contributed by atoms with Gasteiger partial charge in [0.05, 0.1) is 0 Å². The van der Waals surface area contributed by atoms with Crippen molar-refractivity contribution in [2.45, 2.75) is 335 Å². The third-order valence-electron chi connectivity index (χ3n) is 14.6. The number of allylic oxidation sites excluding steroid dienone is 16. The van der Waals surface area contributed by atoms with E-state index in [2.05, 4.69) is 118 Å². The van der Waals surface area contributed by atoms with Crippen molar-refractivity contribution in [1.82, 2.24) is 0 Å². The summed E-state index contributed by atoms with van der Waals surface area (Å²) in [5.41, 5.74) is 0. The number of hydrogen-bond donors (Lipinski definition) is 0. The number of ether oxygens (including phenoxy) is 3. The van der Waals surface area contributed by atoms with Crippen LogP contribution in [0.15, 0.2) is 97.2 Å². The summed E-state index contributed by atoms with van der Waals surface area (Å²) in [5.74, 6) is -0.891. The maximum atomic E-state index is 12.9. The lowest BCUT2D eigenvalue weighted by Gasteiger charge is -2.18. The molecule has 0 N–H and O–H groups in total. The third-order valence-corrected chi connectivity index (χ3v) is 14.6. The summed E-state index contributed by atoms with van der Waals surface area (Å²) in [6.45, 7) is 6.49. The van der Waals surface area contributed by atoms with Crippen LogP contribution in [0.3, 0.4) is 0 Å². The molecule has 0 heterocycles. The first-order chi connectivity index (χ1) is 39.0. The molecule has 6 heteroatoms. The van der Waals surface area contributed by atoms with Gasteiger partial charge in [-0.1, -0.05) is 304 Å². The van der Waals surface area contributed by atoms with Crippen molar-refractivity contribution in [2.24, 2.45) is 0 Å². The van der Waals surface area contributed by atoms with E-state index in [0.717, 1.165) is 116 Å². The Morgan fingerprint density at radius 2 is 0.494 bits per heavy atom. The van der Waals surface area contributed by atoms with Crippen LogP contribution >= 0.6 is 0 Å². The maximum Gasteiger partial charge on any atom is 0.306 e. The molecule has 0 aromatic carbocycles. The van der Waals surface area contributed by atoms with E-state index >= 15 is 0 Å². The van der Waals surface area contributed by atoms with Gasteiger partial charge in [0.2, 0.25) is 0 Å². The van der Waals surface area contributed by atoms with Crippen LogP contribution in [0.25, 0.3) is 0 Å². The molecule has 0 spiro atoms. The Bertz CT molecular complexity index is 1540. The Kier molecular flexibility index (Phi) is 63.7. The molecule has 0 aromatic rings. The molecular weight excluding hydrogens is 973 g/mol. The summed E-state index contributed by atoms with van der Waals surface area (Å²) in [4.78, 5) is 38.1. The lowest BCUT2D eigenvalue weighted by Crippen LogP contribution is -2.30. The summed E-state index contributed by atoms with van der Waals surface area (Å²) in [5, 5.41) is 0. The van der Waals surface area contributed by atoms with E-state index in [4.69, 9.17) is 14.2 Å². The fourth-order valence-corrected chi connectivity index (χ4v) is 9.54. The zero-order valence-corrected chi connectivity index (χ0v) is 52.1. The molecule has 1 unspecified atom stereocenters. The highest BCUT2D eigenvalue weighted by atomic mass is 16.6. The van der Waals surface area contributed by atoms with E-state index in [0.29, 0.717) is 19.3 Å². The lowest BCUT2D eigenvalue weighted by molar-refractivity contribution is -0.167. The van der Waals surface area contributed by atoms with Gasteiger partial charge in [-0.2, -0.15) is 0 Å². The van der Waals surface area contributed by atoms with Gasteiger partial charge in [-0.3, -0.25) is 14.4 Å². The Hall–Kier alpha value is -3.67. The van der Waals surface area contributed by atoms with Crippen LogP contribution < -0.4 is 0 Å². The van der Waals surface area contributed by atoms with Gasteiger partial charge in [0.25, 0.3) is 0 Å². The van der Waals surface area contributed by atoms with Crippen LogP contribution in [0, 0.1) is 0 Å². The molecule has 0 rings (SSSR count). The summed E-state index contributed by atoms with van der Waals surface area (Å²) in [7, 11) is 0. The summed E-state index contributed by atoms with van der Waals surface area (Å²) < 4.78 is 16.9. The van der Waals surface area contributed by atoms with E-state index in [1.54, 1.807) is 0 Å². The molecule has 0 saturated carbocycles. The number of hydrogen-bond acceptors (Lipinski definition) is 6. The molecule has 454 valence electrons. The number of esters is 3. The minimum absolute atomic E-state index is 0.0810. The van der Waals surface area contributed by atoms with Gasteiger partial charge in [-0.25, -0.2) is 0 Å². The lowest BCUT2D eigenvalue weighted by atomic mass is 10.0. The minimum atomic E-state index is -0.784. The molecule has 0 aromatic heterocycles. The van der Waals surface area contributed by atoms with E-state index < -0.39 is 6.10 Å². The van der Waals surface area contributed by atoms with Gasteiger partial charge in [0.15, 0.2) is 6.10 Å². The molecule has 1 atom stereocenters. The largest absolute Gasteiger partial charge is 0.462 e. The predicted molar refractivity (Wildman–Crippen MR) is 344 cm³/mol. The van der Waals surface area contributed by atoms with Crippen LogP contribution in [0.4, 0.5) is 0 Å². The Morgan fingerprint density at radius 1 is 0.266 bits per heavy atom. The molecule has 0 saturated heterocycles. The highest BCUT2D eigenvalue weighted by Crippen LogP contribution is 2.17. The third kappa shape index (κ3) is 65.0. The van der Waals surface area contributed by atoms with Crippen molar-refractivity contribution in [3.05, 3.63) is 97.2 Å². The van der Waals surface area contributed by atoms with Crippen LogP contribution in [-0.2, 0) is 28.6 Å². The number of rotatable bonds is 61.